The molecule has 0 unspecified atom stereocenters. The lowest BCUT2D eigenvalue weighted by atomic mass is 10.0. The van der Waals surface area contributed by atoms with Crippen LogP contribution in [-0.2, 0) is 0 Å². The SMILES string of the molecule is CCN(CC)CCN1CCN(c2ccc(-c3ccc(C)c(O)c3)cc2)CC1. The summed E-state index contributed by atoms with van der Waals surface area (Å²) in [5.74, 6) is 0.359. The van der Waals surface area contributed by atoms with Crippen LogP contribution in [0.4, 0.5) is 5.69 Å². The van der Waals surface area contributed by atoms with Crippen molar-refractivity contribution in [2.24, 2.45) is 0 Å². The van der Waals surface area contributed by atoms with Gasteiger partial charge < -0.3 is 14.9 Å². The van der Waals surface area contributed by atoms with Gasteiger partial charge in [-0.15, -0.1) is 0 Å². The molecule has 0 atom stereocenters. The quantitative estimate of drug-likeness (QED) is 0.805. The van der Waals surface area contributed by atoms with Gasteiger partial charge in [0.25, 0.3) is 0 Å². The van der Waals surface area contributed by atoms with Gasteiger partial charge in [0.2, 0.25) is 0 Å². The van der Waals surface area contributed by atoms with Crippen molar-refractivity contribution in [2.75, 3.05) is 57.3 Å². The number of hydrogen-bond donors (Lipinski definition) is 1. The third-order valence-corrected chi connectivity index (χ3v) is 5.77. The molecule has 1 N–H and O–H groups in total. The molecule has 1 aliphatic rings. The number of piperazine rings is 1. The van der Waals surface area contributed by atoms with Crippen LogP contribution < -0.4 is 4.90 Å². The molecule has 27 heavy (non-hydrogen) atoms. The molecule has 1 fully saturated rings. The average Bonchev–Trinajstić information content (AvgIpc) is 2.71. The molecule has 3 rings (SSSR count). The predicted molar refractivity (Wildman–Crippen MR) is 115 cm³/mol. The van der Waals surface area contributed by atoms with E-state index >= 15 is 0 Å². The van der Waals surface area contributed by atoms with Crippen LogP contribution in [0.5, 0.6) is 5.75 Å². The summed E-state index contributed by atoms with van der Waals surface area (Å²) < 4.78 is 0. The fraction of sp³-hybridized carbons (Fsp3) is 0.478. The second kappa shape index (κ2) is 9.25. The molecule has 0 bridgehead atoms. The van der Waals surface area contributed by atoms with Gasteiger partial charge >= 0.3 is 0 Å². The zero-order valence-corrected chi connectivity index (χ0v) is 17.0. The number of rotatable bonds is 7. The van der Waals surface area contributed by atoms with Crippen molar-refractivity contribution in [2.45, 2.75) is 20.8 Å². The molecule has 4 heteroatoms. The first-order valence-corrected chi connectivity index (χ1v) is 10.2. The molecule has 0 saturated carbocycles. The van der Waals surface area contributed by atoms with Gasteiger partial charge in [-0.25, -0.2) is 0 Å². The molecule has 146 valence electrons. The molecule has 1 saturated heterocycles. The lowest BCUT2D eigenvalue weighted by Gasteiger charge is -2.37. The molecule has 0 aliphatic carbocycles. The first-order valence-electron chi connectivity index (χ1n) is 10.2. The fourth-order valence-electron chi connectivity index (χ4n) is 3.71. The van der Waals surface area contributed by atoms with E-state index in [0.717, 1.165) is 56.0 Å². The van der Waals surface area contributed by atoms with Crippen molar-refractivity contribution in [3.8, 4) is 16.9 Å². The third kappa shape index (κ3) is 5.02. The standard InChI is InChI=1S/C23H33N3O/c1-4-24(5-2)12-13-25-14-16-26(17-15-25)22-10-8-20(9-11-22)21-7-6-19(3)23(27)18-21/h6-11,18,27H,4-5,12-17H2,1-3H3. The zero-order valence-electron chi connectivity index (χ0n) is 17.0. The van der Waals surface area contributed by atoms with Crippen molar-refractivity contribution < 1.29 is 5.11 Å². The molecular weight excluding hydrogens is 334 g/mol. The first kappa shape index (κ1) is 19.7. The van der Waals surface area contributed by atoms with Gasteiger partial charge in [0.15, 0.2) is 0 Å². The zero-order chi connectivity index (χ0) is 19.2. The Morgan fingerprint density at radius 2 is 1.52 bits per heavy atom. The monoisotopic (exact) mass is 367 g/mol. The summed E-state index contributed by atoms with van der Waals surface area (Å²) in [6.07, 6.45) is 0. The number of nitrogens with zero attached hydrogens (tertiary/aromatic N) is 3. The Morgan fingerprint density at radius 3 is 2.11 bits per heavy atom. The first-order chi connectivity index (χ1) is 13.1. The average molecular weight is 368 g/mol. The molecule has 4 nitrogen and oxygen atoms in total. The van der Waals surface area contributed by atoms with Crippen LogP contribution in [0, 0.1) is 6.92 Å². The van der Waals surface area contributed by atoms with Crippen molar-refractivity contribution in [1.29, 1.82) is 0 Å². The number of aromatic hydroxyl groups is 1. The Bertz CT molecular complexity index is 717. The van der Waals surface area contributed by atoms with E-state index in [0.29, 0.717) is 5.75 Å². The molecule has 0 spiro atoms. The van der Waals surface area contributed by atoms with Crippen molar-refractivity contribution in [3.05, 3.63) is 48.0 Å². The summed E-state index contributed by atoms with van der Waals surface area (Å²) in [5, 5.41) is 9.94. The van der Waals surface area contributed by atoms with E-state index in [1.54, 1.807) is 0 Å². The highest BCUT2D eigenvalue weighted by molar-refractivity contribution is 5.68. The number of benzene rings is 2. The Hall–Kier alpha value is -2.04. The minimum absolute atomic E-state index is 0.359. The number of anilines is 1. The van der Waals surface area contributed by atoms with Gasteiger partial charge in [-0.05, 0) is 54.9 Å². The Kier molecular flexibility index (Phi) is 6.75. The van der Waals surface area contributed by atoms with Crippen molar-refractivity contribution >= 4 is 5.69 Å². The highest BCUT2D eigenvalue weighted by atomic mass is 16.3. The Morgan fingerprint density at radius 1 is 0.889 bits per heavy atom. The second-order valence-corrected chi connectivity index (χ2v) is 7.40. The summed E-state index contributed by atoms with van der Waals surface area (Å²) in [6, 6.07) is 14.6. The van der Waals surface area contributed by atoms with E-state index in [9.17, 15) is 5.11 Å². The van der Waals surface area contributed by atoms with E-state index in [4.69, 9.17) is 0 Å². The molecular formula is C23H33N3O. The van der Waals surface area contributed by atoms with Crippen LogP contribution in [0.2, 0.25) is 0 Å². The number of hydrogen-bond acceptors (Lipinski definition) is 4. The molecule has 2 aromatic rings. The maximum absolute atomic E-state index is 9.94. The van der Waals surface area contributed by atoms with Gasteiger partial charge in [-0.1, -0.05) is 38.1 Å². The van der Waals surface area contributed by atoms with Crippen LogP contribution in [0.3, 0.4) is 0 Å². The van der Waals surface area contributed by atoms with Gasteiger partial charge in [0, 0.05) is 45.0 Å². The van der Waals surface area contributed by atoms with Crippen LogP contribution in [0.15, 0.2) is 42.5 Å². The molecule has 0 amide bonds. The number of phenolic OH excluding ortho intramolecular Hbond substituents is 1. The van der Waals surface area contributed by atoms with Crippen LogP contribution in [0.1, 0.15) is 19.4 Å². The van der Waals surface area contributed by atoms with E-state index in [1.807, 2.05) is 19.1 Å². The van der Waals surface area contributed by atoms with Crippen molar-refractivity contribution in [1.82, 2.24) is 9.80 Å². The van der Waals surface area contributed by atoms with Gasteiger partial charge in [0.05, 0.1) is 0 Å². The predicted octanol–water partition coefficient (Wildman–Crippen LogP) is 3.83. The lowest BCUT2D eigenvalue weighted by Crippen LogP contribution is -2.48. The van der Waals surface area contributed by atoms with E-state index < -0.39 is 0 Å². The highest BCUT2D eigenvalue weighted by Crippen LogP contribution is 2.28. The van der Waals surface area contributed by atoms with Gasteiger partial charge in [-0.2, -0.15) is 0 Å². The highest BCUT2D eigenvalue weighted by Gasteiger charge is 2.17. The third-order valence-electron chi connectivity index (χ3n) is 5.77. The van der Waals surface area contributed by atoms with Crippen LogP contribution in [-0.4, -0.2) is 67.3 Å². The molecule has 0 radical (unpaired) electrons. The summed E-state index contributed by atoms with van der Waals surface area (Å²) in [5.41, 5.74) is 4.41. The largest absolute Gasteiger partial charge is 0.508 e. The Labute approximate surface area is 164 Å². The van der Waals surface area contributed by atoms with E-state index in [-0.39, 0.29) is 0 Å². The molecule has 2 aromatic carbocycles. The number of phenols is 1. The second-order valence-electron chi connectivity index (χ2n) is 7.40. The Balaban J connectivity index is 1.55. The topological polar surface area (TPSA) is 30.0 Å². The maximum atomic E-state index is 9.94. The smallest absolute Gasteiger partial charge is 0.119 e. The normalized spacial score (nSPS) is 15.5. The lowest BCUT2D eigenvalue weighted by molar-refractivity contribution is 0.206. The van der Waals surface area contributed by atoms with Gasteiger partial charge in [0.1, 0.15) is 5.75 Å². The fourth-order valence-corrected chi connectivity index (χ4v) is 3.71. The maximum Gasteiger partial charge on any atom is 0.119 e. The summed E-state index contributed by atoms with van der Waals surface area (Å²) >= 11 is 0. The summed E-state index contributed by atoms with van der Waals surface area (Å²) in [4.78, 5) is 7.55. The summed E-state index contributed by atoms with van der Waals surface area (Å²) in [6.45, 7) is 15.5. The van der Waals surface area contributed by atoms with Crippen molar-refractivity contribution in [3.63, 3.8) is 0 Å². The van der Waals surface area contributed by atoms with E-state index in [1.165, 1.54) is 18.8 Å². The van der Waals surface area contributed by atoms with Crippen LogP contribution >= 0.6 is 0 Å². The molecule has 1 aliphatic heterocycles. The molecule has 1 heterocycles. The van der Waals surface area contributed by atoms with E-state index in [2.05, 4.69) is 58.9 Å². The minimum atomic E-state index is 0.359. The number of aryl methyl sites for hydroxylation is 1. The van der Waals surface area contributed by atoms with Gasteiger partial charge in [-0.3, -0.25) is 4.90 Å². The summed E-state index contributed by atoms with van der Waals surface area (Å²) in [7, 11) is 0. The van der Waals surface area contributed by atoms with Crippen LogP contribution in [0.25, 0.3) is 11.1 Å². The molecule has 0 aromatic heterocycles. The number of likely N-dealkylation sites (N-methyl/N-ethyl adjacent to an activating group) is 1. The minimum Gasteiger partial charge on any atom is -0.508 e.